The van der Waals surface area contributed by atoms with Crippen molar-refractivity contribution in [2.24, 2.45) is 0 Å². The van der Waals surface area contributed by atoms with Crippen molar-refractivity contribution in [1.82, 2.24) is 10.2 Å². The Morgan fingerprint density at radius 1 is 0.886 bits per heavy atom. The quantitative estimate of drug-likeness (QED) is 0.161. The molecular formula is C30H19Cl2F3N4O4S. The maximum Gasteiger partial charge on any atom is 0.416 e. The summed E-state index contributed by atoms with van der Waals surface area (Å²) < 4.78 is 45.1. The molecule has 5 rings (SSSR count). The van der Waals surface area contributed by atoms with Crippen molar-refractivity contribution in [3.05, 3.63) is 112 Å². The van der Waals surface area contributed by atoms with E-state index in [1.807, 2.05) is 4.90 Å². The van der Waals surface area contributed by atoms with E-state index in [0.717, 1.165) is 17.7 Å². The smallest absolute Gasteiger partial charge is 0.416 e. The summed E-state index contributed by atoms with van der Waals surface area (Å²) >= 11 is 13.7. The lowest BCUT2D eigenvalue weighted by Crippen LogP contribution is -2.21. The highest BCUT2D eigenvalue weighted by molar-refractivity contribution is 7.18. The number of anilines is 3. The number of nitrogens with one attached hydrogen (secondary N) is 1. The van der Waals surface area contributed by atoms with Crippen molar-refractivity contribution in [2.45, 2.75) is 12.7 Å². The Morgan fingerprint density at radius 3 is 2.27 bits per heavy atom. The van der Waals surface area contributed by atoms with Crippen molar-refractivity contribution in [1.29, 1.82) is 0 Å². The molecule has 0 fully saturated rings. The highest BCUT2D eigenvalue weighted by atomic mass is 35.5. The minimum absolute atomic E-state index is 0.0364. The SMILES string of the molecule is O=C(O)C(=O)Nc1ccc(CN(c2ccc(Cl)c(Cl)c2)c2nnc(-c3cccc(Oc4cccc(C(F)(F)F)c4)c3)s2)cc1. The third-order valence-corrected chi connectivity index (χ3v) is 7.82. The van der Waals surface area contributed by atoms with E-state index in [4.69, 9.17) is 33.0 Å². The van der Waals surface area contributed by atoms with Crippen LogP contribution in [0, 0.1) is 0 Å². The largest absolute Gasteiger partial charge is 0.474 e. The van der Waals surface area contributed by atoms with Crippen LogP contribution < -0.4 is 15.0 Å². The molecule has 1 aromatic heterocycles. The number of alkyl halides is 3. The van der Waals surface area contributed by atoms with E-state index < -0.39 is 23.6 Å². The number of hydrogen-bond acceptors (Lipinski definition) is 7. The van der Waals surface area contributed by atoms with Gasteiger partial charge in [0.1, 0.15) is 16.5 Å². The first kappa shape index (κ1) is 30.8. The molecule has 0 radical (unpaired) electrons. The molecule has 0 saturated carbocycles. The number of aromatic nitrogens is 2. The van der Waals surface area contributed by atoms with Gasteiger partial charge in [-0.25, -0.2) is 4.79 Å². The number of ether oxygens (including phenoxy) is 1. The summed E-state index contributed by atoms with van der Waals surface area (Å²) in [5.74, 6) is -2.40. The van der Waals surface area contributed by atoms with E-state index >= 15 is 0 Å². The molecular weight excluding hydrogens is 640 g/mol. The third kappa shape index (κ3) is 7.46. The molecule has 2 N–H and O–H groups in total. The lowest BCUT2D eigenvalue weighted by Gasteiger charge is -2.22. The molecule has 1 amide bonds. The van der Waals surface area contributed by atoms with E-state index in [0.29, 0.717) is 49.4 Å². The number of carbonyl (C=O) groups is 2. The van der Waals surface area contributed by atoms with Crippen molar-refractivity contribution in [3.63, 3.8) is 0 Å². The van der Waals surface area contributed by atoms with Gasteiger partial charge in [-0.05, 0) is 66.2 Å². The molecule has 8 nitrogen and oxygen atoms in total. The second-order valence-electron chi connectivity index (χ2n) is 9.19. The van der Waals surface area contributed by atoms with Crippen LogP contribution in [0.1, 0.15) is 11.1 Å². The minimum Gasteiger partial charge on any atom is -0.474 e. The number of rotatable bonds is 8. The summed E-state index contributed by atoms with van der Waals surface area (Å²) in [6.07, 6.45) is -4.50. The molecule has 5 aromatic rings. The average molecular weight is 659 g/mol. The predicted octanol–water partition coefficient (Wildman–Crippen LogP) is 8.68. The number of carboxylic acid groups (broad SMARTS) is 1. The fraction of sp³-hybridized carbons (Fsp3) is 0.0667. The predicted molar refractivity (Wildman–Crippen MR) is 162 cm³/mol. The van der Waals surface area contributed by atoms with Gasteiger partial charge in [0.25, 0.3) is 0 Å². The topological polar surface area (TPSA) is 105 Å². The molecule has 4 aromatic carbocycles. The minimum atomic E-state index is -4.50. The molecule has 44 heavy (non-hydrogen) atoms. The lowest BCUT2D eigenvalue weighted by atomic mass is 10.2. The van der Waals surface area contributed by atoms with Crippen molar-refractivity contribution >= 4 is 62.9 Å². The molecule has 224 valence electrons. The lowest BCUT2D eigenvalue weighted by molar-refractivity contribution is -0.147. The molecule has 0 aliphatic rings. The summed E-state index contributed by atoms with van der Waals surface area (Å²) in [6.45, 7) is 0.290. The van der Waals surface area contributed by atoms with E-state index in [1.54, 1.807) is 66.7 Å². The van der Waals surface area contributed by atoms with Gasteiger partial charge in [-0.1, -0.05) is 64.9 Å². The van der Waals surface area contributed by atoms with Gasteiger partial charge in [0.15, 0.2) is 0 Å². The zero-order chi connectivity index (χ0) is 31.4. The zero-order valence-corrected chi connectivity index (χ0v) is 24.5. The van der Waals surface area contributed by atoms with Crippen LogP contribution in [0.3, 0.4) is 0 Å². The molecule has 14 heteroatoms. The second kappa shape index (κ2) is 12.9. The fourth-order valence-corrected chi connectivity index (χ4v) is 5.14. The maximum atomic E-state index is 13.1. The Bertz CT molecular complexity index is 1830. The molecule has 0 atom stereocenters. The summed E-state index contributed by atoms with van der Waals surface area (Å²) in [4.78, 5) is 24.2. The average Bonchev–Trinajstić information content (AvgIpc) is 3.48. The highest BCUT2D eigenvalue weighted by Crippen LogP contribution is 2.38. The number of aliphatic carboxylic acids is 1. The van der Waals surface area contributed by atoms with Gasteiger partial charge in [-0.15, -0.1) is 10.2 Å². The number of amides is 1. The Morgan fingerprint density at radius 2 is 1.59 bits per heavy atom. The number of hydrogen-bond donors (Lipinski definition) is 2. The normalized spacial score (nSPS) is 11.2. The van der Waals surface area contributed by atoms with Crippen molar-refractivity contribution < 1.29 is 32.6 Å². The molecule has 0 unspecified atom stereocenters. The van der Waals surface area contributed by atoms with E-state index in [9.17, 15) is 22.8 Å². The molecule has 0 aliphatic heterocycles. The molecule has 0 saturated heterocycles. The highest BCUT2D eigenvalue weighted by Gasteiger charge is 2.30. The van der Waals surface area contributed by atoms with Crippen LogP contribution in [0.5, 0.6) is 11.5 Å². The van der Waals surface area contributed by atoms with Crippen LogP contribution >= 0.6 is 34.5 Å². The van der Waals surface area contributed by atoms with E-state index in [-0.39, 0.29) is 5.75 Å². The van der Waals surface area contributed by atoms with Crippen LogP contribution in [0.25, 0.3) is 10.6 Å². The number of halogens is 5. The Balaban J connectivity index is 1.41. The van der Waals surface area contributed by atoms with E-state index in [1.165, 1.54) is 23.5 Å². The summed E-state index contributed by atoms with van der Waals surface area (Å²) in [7, 11) is 0. The van der Waals surface area contributed by atoms with Gasteiger partial charge in [0.05, 0.1) is 22.2 Å². The van der Waals surface area contributed by atoms with Gasteiger partial charge in [-0.2, -0.15) is 13.2 Å². The van der Waals surface area contributed by atoms with E-state index in [2.05, 4.69) is 15.5 Å². The molecule has 1 heterocycles. The summed E-state index contributed by atoms with van der Waals surface area (Å²) in [6, 6.07) is 23.0. The number of carboxylic acids is 1. The van der Waals surface area contributed by atoms with Crippen LogP contribution in [0.2, 0.25) is 10.0 Å². The third-order valence-electron chi connectivity index (χ3n) is 6.08. The monoisotopic (exact) mass is 658 g/mol. The van der Waals surface area contributed by atoms with Crippen LogP contribution in [0.15, 0.2) is 91.0 Å². The van der Waals surface area contributed by atoms with Gasteiger partial charge < -0.3 is 20.1 Å². The molecule has 0 bridgehead atoms. The van der Waals surface area contributed by atoms with Gasteiger partial charge in [-0.3, -0.25) is 4.79 Å². The summed E-state index contributed by atoms with van der Waals surface area (Å²) in [5.41, 5.74) is 1.57. The fourth-order valence-electron chi connectivity index (χ4n) is 3.99. The Labute approximate surface area is 262 Å². The summed E-state index contributed by atoms with van der Waals surface area (Å²) in [5, 5.41) is 21.5. The first-order valence-electron chi connectivity index (χ1n) is 12.6. The Hall–Kier alpha value is -4.65. The Kier molecular flexibility index (Phi) is 9.04. The number of nitrogens with zero attached hydrogens (tertiary/aromatic N) is 3. The van der Waals surface area contributed by atoms with Crippen molar-refractivity contribution in [2.75, 3.05) is 10.2 Å². The van der Waals surface area contributed by atoms with Gasteiger partial charge in [0.2, 0.25) is 5.13 Å². The number of carbonyl (C=O) groups excluding carboxylic acids is 1. The standard InChI is InChI=1S/C30H19Cl2F3N4O4S/c31-24-12-11-21(15-25(24)32)39(16-17-7-9-20(10-8-17)36-26(40)28(41)42)29-38-37-27(44-29)18-3-1-5-22(13-18)43-23-6-2-4-19(14-23)30(33,34)35/h1-15H,16H2,(H,36,40)(H,41,42). The van der Waals surface area contributed by atoms with Crippen molar-refractivity contribution in [3.8, 4) is 22.1 Å². The number of benzene rings is 4. The first-order valence-corrected chi connectivity index (χ1v) is 14.2. The molecule has 0 spiro atoms. The maximum absolute atomic E-state index is 13.1. The second-order valence-corrected chi connectivity index (χ2v) is 11.0. The first-order chi connectivity index (χ1) is 21.0. The zero-order valence-electron chi connectivity index (χ0n) is 22.2. The van der Waals surface area contributed by atoms with Crippen LogP contribution in [-0.2, 0) is 22.3 Å². The molecule has 0 aliphatic carbocycles. The van der Waals surface area contributed by atoms with Crippen LogP contribution in [0.4, 0.5) is 29.7 Å². The van der Waals surface area contributed by atoms with Crippen LogP contribution in [-0.4, -0.2) is 27.2 Å². The van der Waals surface area contributed by atoms with Gasteiger partial charge >= 0.3 is 18.1 Å². The van der Waals surface area contributed by atoms with Gasteiger partial charge in [0, 0.05) is 16.9 Å².